The smallest absolute Gasteiger partial charge is 0.226 e. The summed E-state index contributed by atoms with van der Waals surface area (Å²) in [6.45, 7) is 2.35. The largest absolute Gasteiger partial charge is 0.396 e. The molecule has 0 aromatic carbocycles. The fourth-order valence-corrected chi connectivity index (χ4v) is 1.63. The monoisotopic (exact) mass is 227 g/mol. The summed E-state index contributed by atoms with van der Waals surface area (Å²) in [5.41, 5.74) is 0. The van der Waals surface area contributed by atoms with E-state index < -0.39 is 0 Å². The number of nitrogens with zero attached hydrogens (tertiary/aromatic N) is 2. The summed E-state index contributed by atoms with van der Waals surface area (Å²) in [4.78, 5) is 4.30. The number of ether oxygens (including phenoxy) is 1. The number of morpholine rings is 1. The van der Waals surface area contributed by atoms with Gasteiger partial charge in [-0.1, -0.05) is 5.16 Å². The Morgan fingerprint density at radius 1 is 1.44 bits per heavy atom. The van der Waals surface area contributed by atoms with E-state index in [1.807, 2.05) is 0 Å². The number of aliphatic hydroxyl groups excluding tert-OH is 1. The van der Waals surface area contributed by atoms with E-state index in [4.69, 9.17) is 14.4 Å². The third-order valence-corrected chi connectivity index (χ3v) is 2.52. The number of hydrogen-bond acceptors (Lipinski definition) is 6. The molecule has 2 N–H and O–H groups in total. The second-order valence-corrected chi connectivity index (χ2v) is 3.81. The van der Waals surface area contributed by atoms with Crippen molar-refractivity contribution in [2.24, 2.45) is 0 Å². The third-order valence-electron chi connectivity index (χ3n) is 2.52. The fourth-order valence-electron chi connectivity index (χ4n) is 1.63. The predicted octanol–water partition coefficient (Wildman–Crippen LogP) is 0.0455. The highest BCUT2D eigenvalue weighted by atomic mass is 16.5. The van der Waals surface area contributed by atoms with Gasteiger partial charge in [-0.3, -0.25) is 0 Å². The van der Waals surface area contributed by atoms with Crippen LogP contribution in [-0.4, -0.2) is 41.6 Å². The van der Waals surface area contributed by atoms with Crippen molar-refractivity contribution in [2.75, 3.05) is 26.4 Å². The lowest BCUT2D eigenvalue weighted by Gasteiger charge is -2.20. The van der Waals surface area contributed by atoms with E-state index >= 15 is 0 Å². The molecule has 0 saturated carbocycles. The van der Waals surface area contributed by atoms with E-state index in [1.54, 1.807) is 0 Å². The van der Waals surface area contributed by atoms with Crippen LogP contribution in [0.1, 0.15) is 30.6 Å². The van der Waals surface area contributed by atoms with Crippen molar-refractivity contribution >= 4 is 0 Å². The average Bonchev–Trinajstić information content (AvgIpc) is 2.79. The fraction of sp³-hybridized carbons (Fsp3) is 0.800. The molecule has 1 aromatic heterocycles. The van der Waals surface area contributed by atoms with Gasteiger partial charge >= 0.3 is 0 Å². The SMILES string of the molecule is OCCCCc1nc(C2COCCN2)no1. The Kier molecular flexibility index (Phi) is 4.26. The number of rotatable bonds is 5. The molecule has 0 amide bonds. The van der Waals surface area contributed by atoms with Gasteiger partial charge in [0.1, 0.15) is 0 Å². The summed E-state index contributed by atoms with van der Waals surface area (Å²) < 4.78 is 10.5. The number of unbranched alkanes of at least 4 members (excludes halogenated alkanes) is 1. The van der Waals surface area contributed by atoms with Crippen molar-refractivity contribution in [3.8, 4) is 0 Å². The maximum atomic E-state index is 8.66. The highest BCUT2D eigenvalue weighted by molar-refractivity contribution is 4.95. The Bertz CT molecular complexity index is 310. The van der Waals surface area contributed by atoms with Crippen molar-refractivity contribution in [1.82, 2.24) is 15.5 Å². The molecule has 6 nitrogen and oxygen atoms in total. The van der Waals surface area contributed by atoms with Gasteiger partial charge in [-0.2, -0.15) is 4.98 Å². The summed E-state index contributed by atoms with van der Waals surface area (Å²) in [5, 5.41) is 15.9. The molecule has 6 heteroatoms. The molecule has 1 aromatic rings. The maximum Gasteiger partial charge on any atom is 0.226 e. The Morgan fingerprint density at radius 3 is 3.12 bits per heavy atom. The molecule has 16 heavy (non-hydrogen) atoms. The van der Waals surface area contributed by atoms with Gasteiger partial charge in [-0.05, 0) is 12.8 Å². The van der Waals surface area contributed by atoms with Crippen LogP contribution in [0, 0.1) is 0 Å². The molecular formula is C10H17N3O3. The molecule has 90 valence electrons. The van der Waals surface area contributed by atoms with E-state index in [2.05, 4.69) is 15.5 Å². The first-order chi connectivity index (χ1) is 7.90. The first-order valence-electron chi connectivity index (χ1n) is 5.64. The number of aliphatic hydroxyl groups is 1. The van der Waals surface area contributed by atoms with Crippen LogP contribution in [0.2, 0.25) is 0 Å². The molecule has 1 aliphatic rings. The molecule has 1 aliphatic heterocycles. The van der Waals surface area contributed by atoms with Gasteiger partial charge in [0.05, 0.1) is 19.3 Å². The van der Waals surface area contributed by atoms with E-state index in [0.29, 0.717) is 18.3 Å². The lowest BCUT2D eigenvalue weighted by atomic mass is 10.2. The number of hydrogen-bond donors (Lipinski definition) is 2. The van der Waals surface area contributed by atoms with Crippen molar-refractivity contribution < 1.29 is 14.4 Å². The van der Waals surface area contributed by atoms with Gasteiger partial charge in [-0.25, -0.2) is 0 Å². The first-order valence-corrected chi connectivity index (χ1v) is 5.64. The van der Waals surface area contributed by atoms with Crippen LogP contribution in [0.25, 0.3) is 0 Å². The number of aryl methyl sites for hydroxylation is 1. The predicted molar refractivity (Wildman–Crippen MR) is 55.9 cm³/mol. The van der Waals surface area contributed by atoms with Crippen molar-refractivity contribution in [3.05, 3.63) is 11.7 Å². The molecule has 1 fully saturated rings. The Labute approximate surface area is 94.0 Å². The van der Waals surface area contributed by atoms with Gasteiger partial charge in [0.15, 0.2) is 5.82 Å². The topological polar surface area (TPSA) is 80.4 Å². The normalized spacial score (nSPS) is 21.2. The zero-order chi connectivity index (χ0) is 11.2. The Hall–Kier alpha value is -0.980. The zero-order valence-electron chi connectivity index (χ0n) is 9.19. The molecule has 2 rings (SSSR count). The van der Waals surface area contributed by atoms with Gasteiger partial charge in [0.25, 0.3) is 0 Å². The van der Waals surface area contributed by atoms with Crippen LogP contribution in [0.5, 0.6) is 0 Å². The van der Waals surface area contributed by atoms with Crippen LogP contribution < -0.4 is 5.32 Å². The highest BCUT2D eigenvalue weighted by Gasteiger charge is 2.20. The Morgan fingerprint density at radius 2 is 2.38 bits per heavy atom. The van der Waals surface area contributed by atoms with Crippen LogP contribution in [0.15, 0.2) is 4.52 Å². The summed E-state index contributed by atoms with van der Waals surface area (Å²) in [5.74, 6) is 1.30. The van der Waals surface area contributed by atoms with E-state index in [1.165, 1.54) is 0 Å². The second-order valence-electron chi connectivity index (χ2n) is 3.81. The van der Waals surface area contributed by atoms with Gasteiger partial charge in [0.2, 0.25) is 5.89 Å². The minimum absolute atomic E-state index is 0.0455. The summed E-state index contributed by atoms with van der Waals surface area (Å²) >= 11 is 0. The molecule has 0 spiro atoms. The lowest BCUT2D eigenvalue weighted by Crippen LogP contribution is -2.35. The number of nitrogens with one attached hydrogen (secondary N) is 1. The average molecular weight is 227 g/mol. The molecule has 1 saturated heterocycles. The standard InChI is InChI=1S/C10H17N3O3/c14-5-2-1-3-9-12-10(13-16-9)8-7-15-6-4-11-8/h8,11,14H,1-7H2. The van der Waals surface area contributed by atoms with Crippen molar-refractivity contribution in [2.45, 2.75) is 25.3 Å². The van der Waals surface area contributed by atoms with Crippen molar-refractivity contribution in [1.29, 1.82) is 0 Å². The van der Waals surface area contributed by atoms with Gasteiger partial charge < -0.3 is 19.7 Å². The Balaban J connectivity index is 1.85. The van der Waals surface area contributed by atoms with Gasteiger partial charge in [0, 0.05) is 19.6 Å². The lowest BCUT2D eigenvalue weighted by molar-refractivity contribution is 0.0734. The number of aromatic nitrogens is 2. The van der Waals surface area contributed by atoms with E-state index in [-0.39, 0.29) is 12.6 Å². The zero-order valence-corrected chi connectivity index (χ0v) is 9.19. The second kappa shape index (κ2) is 5.93. The summed E-state index contributed by atoms with van der Waals surface area (Å²) in [7, 11) is 0. The maximum absolute atomic E-state index is 8.66. The first kappa shape index (κ1) is 11.5. The van der Waals surface area contributed by atoms with Crippen LogP contribution in [0.3, 0.4) is 0 Å². The van der Waals surface area contributed by atoms with Crippen LogP contribution in [-0.2, 0) is 11.2 Å². The molecule has 2 heterocycles. The molecule has 0 aliphatic carbocycles. The van der Waals surface area contributed by atoms with Crippen LogP contribution >= 0.6 is 0 Å². The molecule has 1 atom stereocenters. The summed E-state index contributed by atoms with van der Waals surface area (Å²) in [6, 6.07) is 0.0455. The molecule has 0 bridgehead atoms. The quantitative estimate of drug-likeness (QED) is 0.692. The minimum Gasteiger partial charge on any atom is -0.396 e. The molecular weight excluding hydrogens is 210 g/mol. The third kappa shape index (κ3) is 3.01. The van der Waals surface area contributed by atoms with E-state index in [0.717, 1.165) is 32.4 Å². The summed E-state index contributed by atoms with van der Waals surface area (Å²) in [6.07, 6.45) is 2.36. The molecule has 0 radical (unpaired) electrons. The van der Waals surface area contributed by atoms with E-state index in [9.17, 15) is 0 Å². The van der Waals surface area contributed by atoms with Crippen LogP contribution in [0.4, 0.5) is 0 Å². The van der Waals surface area contributed by atoms with Crippen molar-refractivity contribution in [3.63, 3.8) is 0 Å². The minimum atomic E-state index is 0.0455. The molecule has 1 unspecified atom stereocenters. The van der Waals surface area contributed by atoms with Gasteiger partial charge in [-0.15, -0.1) is 0 Å². The highest BCUT2D eigenvalue weighted by Crippen LogP contribution is 2.13.